The average molecular weight is 520 g/mol. The Labute approximate surface area is 215 Å². The number of aromatic nitrogens is 2. The van der Waals surface area contributed by atoms with E-state index in [-0.39, 0.29) is 11.6 Å². The van der Waals surface area contributed by atoms with Crippen LogP contribution in [0.4, 0.5) is 31.8 Å². The summed E-state index contributed by atoms with van der Waals surface area (Å²) in [7, 11) is 0. The number of para-hydroxylation sites is 1. The molecular weight excluding hydrogens is 500 g/mol. The smallest absolute Gasteiger partial charge is 0.280 e. The Balaban J connectivity index is 1.51. The van der Waals surface area contributed by atoms with Gasteiger partial charge in [-0.25, -0.2) is 18.7 Å². The third-order valence-corrected chi connectivity index (χ3v) is 6.04. The molecule has 1 aliphatic heterocycles. The highest BCUT2D eigenvalue weighted by Gasteiger charge is 2.26. The van der Waals surface area contributed by atoms with E-state index in [1.807, 2.05) is 0 Å². The second-order valence-electron chi connectivity index (χ2n) is 8.25. The highest BCUT2D eigenvalue weighted by Crippen LogP contribution is 2.42. The predicted octanol–water partition coefficient (Wildman–Crippen LogP) is 4.93. The highest BCUT2D eigenvalue weighted by atomic mass is 35.5. The number of halogens is 3. The molecule has 0 fully saturated rings. The third kappa shape index (κ3) is 4.91. The Hall–Kier alpha value is -4.57. The van der Waals surface area contributed by atoms with Crippen LogP contribution in [0.25, 0.3) is 11.3 Å². The average Bonchev–Trinajstić information content (AvgIpc) is 3.01. The number of anilines is 4. The maximum Gasteiger partial charge on any atom is 0.280 e. The van der Waals surface area contributed by atoms with Crippen molar-refractivity contribution < 1.29 is 13.6 Å². The second kappa shape index (κ2) is 9.82. The van der Waals surface area contributed by atoms with Crippen LogP contribution in [0.1, 0.15) is 15.9 Å². The number of carbonyl (C=O) groups excluding carboxylic acids is 1. The van der Waals surface area contributed by atoms with Gasteiger partial charge < -0.3 is 21.7 Å². The fourth-order valence-corrected chi connectivity index (χ4v) is 4.32. The summed E-state index contributed by atoms with van der Waals surface area (Å²) >= 11 is 6.29. The summed E-state index contributed by atoms with van der Waals surface area (Å²) in [6.07, 6.45) is 2.12. The number of hydrogen-bond donors (Lipinski definition) is 3. The van der Waals surface area contributed by atoms with Crippen molar-refractivity contribution in [1.82, 2.24) is 9.97 Å². The lowest BCUT2D eigenvalue weighted by Gasteiger charge is -2.26. The number of carbonyl (C=O) groups is 1. The predicted molar refractivity (Wildman–Crippen MR) is 139 cm³/mol. The SMILES string of the molecule is NC(N)=NC(=O)c1ccc(Nc2ncc3c(n2)-c2ccc(Cl)cc2N(c2c(F)cccc2F)CC3)cc1. The Morgan fingerprint density at radius 2 is 1.78 bits per heavy atom. The first kappa shape index (κ1) is 24.1. The number of aliphatic imine (C=N–C) groups is 1. The van der Waals surface area contributed by atoms with Gasteiger partial charge in [-0.1, -0.05) is 17.7 Å². The first-order valence-corrected chi connectivity index (χ1v) is 11.6. The molecule has 186 valence electrons. The van der Waals surface area contributed by atoms with Gasteiger partial charge >= 0.3 is 0 Å². The molecule has 0 saturated heterocycles. The van der Waals surface area contributed by atoms with Crippen molar-refractivity contribution >= 4 is 46.5 Å². The molecular formula is C26H20ClF2N7O. The van der Waals surface area contributed by atoms with Crippen LogP contribution in [0, 0.1) is 11.6 Å². The number of guanidine groups is 1. The highest BCUT2D eigenvalue weighted by molar-refractivity contribution is 6.31. The maximum absolute atomic E-state index is 14.7. The van der Waals surface area contributed by atoms with Gasteiger partial charge in [-0.3, -0.25) is 4.79 Å². The van der Waals surface area contributed by atoms with Crippen LogP contribution in [0.3, 0.4) is 0 Å². The van der Waals surface area contributed by atoms with Crippen molar-refractivity contribution in [3.63, 3.8) is 0 Å². The summed E-state index contributed by atoms with van der Waals surface area (Å²) in [5, 5.41) is 3.53. The monoisotopic (exact) mass is 519 g/mol. The molecule has 3 aromatic carbocycles. The zero-order valence-corrected chi connectivity index (χ0v) is 20.0. The van der Waals surface area contributed by atoms with Crippen molar-refractivity contribution in [3.8, 4) is 11.3 Å². The van der Waals surface area contributed by atoms with Crippen molar-refractivity contribution in [1.29, 1.82) is 0 Å². The normalized spacial score (nSPS) is 12.2. The van der Waals surface area contributed by atoms with E-state index in [0.717, 1.165) is 5.56 Å². The molecule has 11 heteroatoms. The van der Waals surface area contributed by atoms with E-state index >= 15 is 0 Å². The van der Waals surface area contributed by atoms with E-state index in [1.54, 1.807) is 53.6 Å². The molecule has 0 spiro atoms. The fourth-order valence-electron chi connectivity index (χ4n) is 4.15. The molecule has 1 aromatic heterocycles. The van der Waals surface area contributed by atoms with Gasteiger partial charge in [-0.05, 0) is 66.6 Å². The molecule has 0 saturated carbocycles. The zero-order chi connectivity index (χ0) is 26.1. The van der Waals surface area contributed by atoms with Crippen molar-refractivity contribution in [3.05, 3.63) is 94.6 Å². The van der Waals surface area contributed by atoms with Gasteiger partial charge in [0, 0.05) is 34.6 Å². The van der Waals surface area contributed by atoms with Gasteiger partial charge in [0.2, 0.25) is 5.95 Å². The van der Waals surface area contributed by atoms with E-state index in [1.165, 1.54) is 18.2 Å². The summed E-state index contributed by atoms with van der Waals surface area (Å²) in [6.45, 7) is 0.291. The largest absolute Gasteiger partial charge is 0.370 e. The zero-order valence-electron chi connectivity index (χ0n) is 19.3. The summed E-state index contributed by atoms with van der Waals surface area (Å²) in [4.78, 5) is 26.2. The number of hydrogen-bond acceptors (Lipinski definition) is 5. The number of rotatable bonds is 4. The number of amides is 1. The van der Waals surface area contributed by atoms with Crippen LogP contribution in [0.15, 0.2) is 71.9 Å². The molecule has 0 aliphatic carbocycles. The minimum atomic E-state index is -0.674. The maximum atomic E-state index is 14.7. The number of benzene rings is 3. The lowest BCUT2D eigenvalue weighted by atomic mass is 10.0. The number of nitrogens with two attached hydrogens (primary N) is 2. The van der Waals surface area contributed by atoms with Gasteiger partial charge in [0.1, 0.15) is 17.3 Å². The molecule has 1 amide bonds. The Kier molecular flexibility index (Phi) is 6.41. The van der Waals surface area contributed by atoms with Crippen molar-refractivity contribution in [2.75, 3.05) is 16.8 Å². The molecule has 5 rings (SSSR count). The Morgan fingerprint density at radius 1 is 1.05 bits per heavy atom. The number of nitrogens with zero attached hydrogens (tertiary/aromatic N) is 4. The number of fused-ring (bicyclic) bond motifs is 3. The summed E-state index contributed by atoms with van der Waals surface area (Å²) in [5.74, 6) is -1.92. The first-order valence-electron chi connectivity index (χ1n) is 11.2. The van der Waals surface area contributed by atoms with Crippen LogP contribution in [-0.2, 0) is 6.42 Å². The van der Waals surface area contributed by atoms with Crippen molar-refractivity contribution in [2.24, 2.45) is 16.5 Å². The van der Waals surface area contributed by atoms with Gasteiger partial charge in [0.25, 0.3) is 5.91 Å². The van der Waals surface area contributed by atoms with E-state index in [4.69, 9.17) is 28.1 Å². The van der Waals surface area contributed by atoms with Crippen LogP contribution < -0.4 is 21.7 Å². The first-order chi connectivity index (χ1) is 17.8. The molecule has 0 radical (unpaired) electrons. The molecule has 8 nitrogen and oxygen atoms in total. The van der Waals surface area contributed by atoms with E-state index < -0.39 is 17.5 Å². The molecule has 0 atom stereocenters. The Morgan fingerprint density at radius 3 is 2.49 bits per heavy atom. The van der Waals surface area contributed by atoms with Crippen LogP contribution in [0.2, 0.25) is 5.02 Å². The molecule has 1 aliphatic rings. The lowest BCUT2D eigenvalue weighted by Crippen LogP contribution is -2.24. The van der Waals surface area contributed by atoms with Crippen LogP contribution in [0.5, 0.6) is 0 Å². The topological polar surface area (TPSA) is 123 Å². The summed E-state index contributed by atoms with van der Waals surface area (Å²) in [5.41, 5.74) is 13.9. The molecule has 37 heavy (non-hydrogen) atoms. The van der Waals surface area contributed by atoms with Gasteiger partial charge in [0.05, 0.1) is 11.4 Å². The Bertz CT molecular complexity index is 1520. The van der Waals surface area contributed by atoms with E-state index in [9.17, 15) is 13.6 Å². The third-order valence-electron chi connectivity index (χ3n) is 5.80. The minimum Gasteiger partial charge on any atom is -0.370 e. The standard InChI is InChI=1S/C26H20ClF2N7O/c27-16-6-9-18-21(12-16)36(23-19(28)2-1-3-20(23)29)11-10-15-13-32-26(34-22(15)18)33-17-7-4-14(5-8-17)24(37)35-25(30)31/h1-9,12-13H,10-11H2,(H,32,33,34)(H4,30,31,35,37). The van der Waals surface area contributed by atoms with Gasteiger partial charge in [-0.15, -0.1) is 0 Å². The van der Waals surface area contributed by atoms with E-state index in [2.05, 4.69) is 15.3 Å². The van der Waals surface area contributed by atoms with Gasteiger partial charge in [0.15, 0.2) is 5.96 Å². The fraction of sp³-hybridized carbons (Fsp3) is 0.0769. The minimum absolute atomic E-state index is 0.152. The quantitative estimate of drug-likeness (QED) is 0.258. The van der Waals surface area contributed by atoms with Gasteiger partial charge in [-0.2, -0.15) is 4.99 Å². The molecule has 0 bridgehead atoms. The summed E-state index contributed by atoms with van der Waals surface area (Å²) in [6, 6.07) is 15.4. The molecule has 0 unspecified atom stereocenters. The van der Waals surface area contributed by atoms with Crippen molar-refractivity contribution in [2.45, 2.75) is 6.42 Å². The molecule has 4 aromatic rings. The van der Waals surface area contributed by atoms with Crippen LogP contribution >= 0.6 is 11.6 Å². The molecule has 2 heterocycles. The number of nitrogens with one attached hydrogen (secondary N) is 1. The lowest BCUT2D eigenvalue weighted by molar-refractivity contribution is 0.100. The van der Waals surface area contributed by atoms with E-state index in [0.29, 0.717) is 52.1 Å². The molecule has 5 N–H and O–H groups in total. The van der Waals surface area contributed by atoms with Crippen LogP contribution in [-0.4, -0.2) is 28.4 Å². The second-order valence-corrected chi connectivity index (χ2v) is 8.68. The summed E-state index contributed by atoms with van der Waals surface area (Å²) < 4.78 is 29.5.